The Morgan fingerprint density at radius 3 is 2.52 bits per heavy atom. The Morgan fingerprint density at radius 2 is 1.77 bits per heavy atom. The van der Waals surface area contributed by atoms with Crippen molar-refractivity contribution in [1.29, 1.82) is 0 Å². The van der Waals surface area contributed by atoms with E-state index in [1.165, 1.54) is 22.6 Å². The molecule has 8 heteroatoms. The van der Waals surface area contributed by atoms with Crippen molar-refractivity contribution < 1.29 is 22.7 Å². The number of aromatic nitrogens is 2. The average molecular weight is 425 g/mol. The summed E-state index contributed by atoms with van der Waals surface area (Å²) in [5.74, 6) is -2.29. The molecule has 0 aliphatic rings. The molecular weight excluding hydrogens is 407 g/mol. The van der Waals surface area contributed by atoms with Gasteiger partial charge in [0.05, 0.1) is 16.9 Å². The fourth-order valence-corrected chi connectivity index (χ4v) is 3.28. The number of aryl methyl sites for hydroxylation is 2. The first-order chi connectivity index (χ1) is 14.8. The summed E-state index contributed by atoms with van der Waals surface area (Å²) in [7, 11) is 0. The van der Waals surface area contributed by atoms with E-state index in [4.69, 9.17) is 4.74 Å². The smallest absolute Gasteiger partial charge is 0.274 e. The highest BCUT2D eigenvalue weighted by Gasteiger charge is 2.20. The zero-order valence-electron chi connectivity index (χ0n) is 16.7. The maximum Gasteiger partial charge on any atom is 0.274 e. The number of imidazole rings is 1. The Bertz CT molecular complexity index is 1280. The van der Waals surface area contributed by atoms with E-state index >= 15 is 0 Å². The molecule has 0 fully saturated rings. The molecule has 5 nitrogen and oxygen atoms in total. The number of nitrogens with zero attached hydrogens (tertiary/aromatic N) is 2. The number of benzene rings is 2. The van der Waals surface area contributed by atoms with Crippen LogP contribution in [0.4, 0.5) is 18.9 Å². The summed E-state index contributed by atoms with van der Waals surface area (Å²) in [5.41, 5.74) is 1.52. The lowest BCUT2D eigenvalue weighted by Crippen LogP contribution is -2.16. The number of hydrogen-bond acceptors (Lipinski definition) is 3. The van der Waals surface area contributed by atoms with Gasteiger partial charge in [0.2, 0.25) is 0 Å². The normalized spacial score (nSPS) is 11.0. The van der Waals surface area contributed by atoms with Crippen LogP contribution in [-0.4, -0.2) is 15.3 Å². The number of nitrogens with one attached hydrogen (secondary N) is 1. The molecule has 1 amide bonds. The quantitative estimate of drug-likeness (QED) is 0.478. The topological polar surface area (TPSA) is 55.6 Å². The number of pyridine rings is 1. The molecule has 0 unspecified atom stereocenters. The van der Waals surface area contributed by atoms with E-state index in [1.54, 1.807) is 38.2 Å². The second kappa shape index (κ2) is 8.14. The van der Waals surface area contributed by atoms with E-state index in [0.717, 1.165) is 17.7 Å². The van der Waals surface area contributed by atoms with E-state index in [0.29, 0.717) is 11.3 Å². The third kappa shape index (κ3) is 3.96. The van der Waals surface area contributed by atoms with Crippen LogP contribution in [-0.2, 0) is 6.61 Å². The van der Waals surface area contributed by atoms with Gasteiger partial charge in [-0.05, 0) is 55.8 Å². The van der Waals surface area contributed by atoms with Crippen LogP contribution in [0.3, 0.4) is 0 Å². The second-order valence-electron chi connectivity index (χ2n) is 7.04. The average Bonchev–Trinajstić information content (AvgIpc) is 3.07. The van der Waals surface area contributed by atoms with Crippen LogP contribution in [0.1, 0.15) is 27.3 Å². The number of rotatable bonds is 5. The highest BCUT2D eigenvalue weighted by atomic mass is 19.1. The standard InChI is InChI=1S/C23H18F3N3O2/c1-13-8-9-18(26)19(11-13)28-23(30)21-14(2)27-22-20(7-4-10-29(21)22)31-12-15-16(24)5-3-6-17(15)25/h3-11H,12H2,1-2H3,(H,28,30). The monoisotopic (exact) mass is 425 g/mol. The van der Waals surface area contributed by atoms with Crippen LogP contribution in [0, 0.1) is 31.3 Å². The Kier molecular flexibility index (Phi) is 5.37. The number of anilines is 1. The Morgan fingerprint density at radius 1 is 1.03 bits per heavy atom. The number of halogens is 3. The largest absolute Gasteiger partial charge is 0.485 e. The van der Waals surface area contributed by atoms with Crippen molar-refractivity contribution in [3.63, 3.8) is 0 Å². The SMILES string of the molecule is Cc1ccc(F)c(NC(=O)c2c(C)nc3c(OCc4c(F)cccc4F)cccn23)c1. The van der Waals surface area contributed by atoms with E-state index in [2.05, 4.69) is 10.3 Å². The predicted molar refractivity (Wildman–Crippen MR) is 110 cm³/mol. The summed E-state index contributed by atoms with van der Waals surface area (Å²) in [5, 5.41) is 2.56. The van der Waals surface area contributed by atoms with Crippen molar-refractivity contribution in [2.24, 2.45) is 0 Å². The first-order valence-electron chi connectivity index (χ1n) is 9.46. The molecule has 158 valence electrons. The number of fused-ring (bicyclic) bond motifs is 1. The summed E-state index contributed by atoms with van der Waals surface area (Å²) in [6.07, 6.45) is 1.60. The number of carbonyl (C=O) groups excluding carboxylic acids is 1. The zero-order chi connectivity index (χ0) is 22.1. The highest BCUT2D eigenvalue weighted by Crippen LogP contribution is 2.25. The Balaban J connectivity index is 1.65. The van der Waals surface area contributed by atoms with Gasteiger partial charge in [-0.3, -0.25) is 9.20 Å². The van der Waals surface area contributed by atoms with Gasteiger partial charge in [-0.15, -0.1) is 0 Å². The number of hydrogen-bond donors (Lipinski definition) is 1. The molecular formula is C23H18F3N3O2. The molecule has 0 aliphatic carbocycles. The van der Waals surface area contributed by atoms with Crippen molar-refractivity contribution >= 4 is 17.2 Å². The molecule has 0 radical (unpaired) electrons. The van der Waals surface area contributed by atoms with Crippen molar-refractivity contribution in [3.05, 3.63) is 94.7 Å². The summed E-state index contributed by atoms with van der Waals surface area (Å²) >= 11 is 0. The number of ether oxygens (including phenoxy) is 1. The molecule has 4 rings (SSSR count). The molecule has 0 bridgehead atoms. The first-order valence-corrected chi connectivity index (χ1v) is 9.46. The molecule has 0 spiro atoms. The van der Waals surface area contributed by atoms with Crippen LogP contribution in [0.15, 0.2) is 54.7 Å². The Hall–Kier alpha value is -3.81. The molecule has 0 saturated heterocycles. The minimum Gasteiger partial charge on any atom is -0.485 e. The van der Waals surface area contributed by atoms with Gasteiger partial charge < -0.3 is 10.1 Å². The minimum absolute atomic E-state index is 0.0572. The van der Waals surface area contributed by atoms with E-state index < -0.39 is 23.4 Å². The van der Waals surface area contributed by atoms with Crippen LogP contribution < -0.4 is 10.1 Å². The molecule has 0 aliphatic heterocycles. The zero-order valence-corrected chi connectivity index (χ0v) is 16.7. The van der Waals surface area contributed by atoms with Crippen LogP contribution >= 0.6 is 0 Å². The second-order valence-corrected chi connectivity index (χ2v) is 7.04. The summed E-state index contributed by atoms with van der Waals surface area (Å²) in [6, 6.07) is 11.2. The van der Waals surface area contributed by atoms with Crippen LogP contribution in [0.2, 0.25) is 0 Å². The number of carbonyl (C=O) groups is 1. The van der Waals surface area contributed by atoms with Gasteiger partial charge in [0.15, 0.2) is 11.4 Å². The van der Waals surface area contributed by atoms with E-state index in [1.807, 2.05) is 0 Å². The maximum atomic E-state index is 14.1. The fourth-order valence-electron chi connectivity index (χ4n) is 3.28. The third-order valence-electron chi connectivity index (χ3n) is 4.81. The lowest BCUT2D eigenvalue weighted by atomic mass is 10.2. The summed E-state index contributed by atoms with van der Waals surface area (Å²) in [4.78, 5) is 17.2. The molecule has 4 aromatic rings. The van der Waals surface area contributed by atoms with Crippen molar-refractivity contribution in [2.45, 2.75) is 20.5 Å². The molecule has 1 N–H and O–H groups in total. The van der Waals surface area contributed by atoms with Crippen molar-refractivity contribution in [1.82, 2.24) is 9.38 Å². The molecule has 2 aromatic carbocycles. The van der Waals surface area contributed by atoms with Crippen LogP contribution in [0.5, 0.6) is 5.75 Å². The van der Waals surface area contributed by atoms with Crippen molar-refractivity contribution in [2.75, 3.05) is 5.32 Å². The lowest BCUT2D eigenvalue weighted by Gasteiger charge is -2.10. The molecule has 2 heterocycles. The molecule has 2 aromatic heterocycles. The molecule has 0 atom stereocenters. The minimum atomic E-state index is -0.716. The van der Waals surface area contributed by atoms with Gasteiger partial charge in [0, 0.05) is 6.20 Å². The van der Waals surface area contributed by atoms with Gasteiger partial charge in [-0.1, -0.05) is 12.1 Å². The Labute approximate surface area is 176 Å². The van der Waals surface area contributed by atoms with Crippen LogP contribution in [0.25, 0.3) is 5.65 Å². The van der Waals surface area contributed by atoms with Gasteiger partial charge in [0.25, 0.3) is 5.91 Å². The third-order valence-corrected chi connectivity index (χ3v) is 4.81. The van der Waals surface area contributed by atoms with Gasteiger partial charge in [0.1, 0.15) is 29.8 Å². The fraction of sp³-hybridized carbons (Fsp3) is 0.130. The first kappa shape index (κ1) is 20.5. The summed E-state index contributed by atoms with van der Waals surface area (Å²) in [6.45, 7) is 3.07. The van der Waals surface area contributed by atoms with Gasteiger partial charge in [-0.25, -0.2) is 18.2 Å². The van der Waals surface area contributed by atoms with E-state index in [9.17, 15) is 18.0 Å². The maximum absolute atomic E-state index is 14.1. The predicted octanol–water partition coefficient (Wildman–Crippen LogP) is 5.20. The lowest BCUT2D eigenvalue weighted by molar-refractivity contribution is 0.102. The van der Waals surface area contributed by atoms with Gasteiger partial charge in [-0.2, -0.15) is 0 Å². The summed E-state index contributed by atoms with van der Waals surface area (Å²) < 4.78 is 48.9. The van der Waals surface area contributed by atoms with Gasteiger partial charge >= 0.3 is 0 Å². The molecule has 0 saturated carbocycles. The van der Waals surface area contributed by atoms with Crippen molar-refractivity contribution in [3.8, 4) is 5.75 Å². The van der Waals surface area contributed by atoms with E-state index in [-0.39, 0.29) is 29.3 Å². The highest BCUT2D eigenvalue weighted by molar-refractivity contribution is 6.04. The molecule has 31 heavy (non-hydrogen) atoms. The number of amides is 1.